The minimum Gasteiger partial charge on any atom is -0.454 e. The zero-order chi connectivity index (χ0) is 20.1. The third kappa shape index (κ3) is 5.39. The summed E-state index contributed by atoms with van der Waals surface area (Å²) in [6, 6.07) is 14.2. The first kappa shape index (κ1) is 19.5. The highest BCUT2D eigenvalue weighted by Crippen LogP contribution is 2.32. The molecule has 0 spiro atoms. The van der Waals surface area contributed by atoms with Crippen LogP contribution in [0, 0.1) is 5.92 Å². The SMILES string of the molecule is CC1CCN(Cc2ccc(CNC(=O)/C=C/c3ccc4c(c3)OCO4)cc2)CC1. The topological polar surface area (TPSA) is 50.8 Å². The number of ether oxygens (including phenoxy) is 2. The number of carbonyl (C=O) groups excluding carboxylic acids is 1. The lowest BCUT2D eigenvalue weighted by Crippen LogP contribution is -2.32. The van der Waals surface area contributed by atoms with E-state index in [1.807, 2.05) is 18.2 Å². The largest absolute Gasteiger partial charge is 0.454 e. The fraction of sp³-hybridized carbons (Fsp3) is 0.375. The van der Waals surface area contributed by atoms with Gasteiger partial charge in [0, 0.05) is 19.2 Å². The number of nitrogens with one attached hydrogen (secondary N) is 1. The van der Waals surface area contributed by atoms with Crippen LogP contribution in [0.4, 0.5) is 0 Å². The van der Waals surface area contributed by atoms with Crippen molar-refractivity contribution in [3.05, 3.63) is 65.2 Å². The van der Waals surface area contributed by atoms with Crippen LogP contribution in [0.15, 0.2) is 48.5 Å². The van der Waals surface area contributed by atoms with E-state index in [1.165, 1.54) is 31.5 Å². The Balaban J connectivity index is 1.24. The van der Waals surface area contributed by atoms with Crippen LogP contribution in [-0.4, -0.2) is 30.7 Å². The molecule has 1 N–H and O–H groups in total. The standard InChI is InChI=1S/C24H28N2O3/c1-18-10-12-26(13-11-18)16-21-4-2-20(3-5-21)15-25-24(27)9-7-19-6-8-22-23(14-19)29-17-28-22/h2-9,14,18H,10-13,15-17H2,1H3,(H,25,27)/b9-7+. The molecule has 2 heterocycles. The molecule has 1 fully saturated rings. The van der Waals surface area contributed by atoms with Gasteiger partial charge in [-0.25, -0.2) is 0 Å². The van der Waals surface area contributed by atoms with Crippen LogP contribution in [0.25, 0.3) is 6.08 Å². The van der Waals surface area contributed by atoms with Crippen molar-refractivity contribution in [1.29, 1.82) is 0 Å². The molecule has 0 atom stereocenters. The second-order valence-corrected chi connectivity index (χ2v) is 7.94. The first-order valence-corrected chi connectivity index (χ1v) is 10.3. The quantitative estimate of drug-likeness (QED) is 0.756. The Labute approximate surface area is 172 Å². The Morgan fingerprint density at radius 3 is 2.59 bits per heavy atom. The molecule has 4 rings (SSSR count). The lowest BCUT2D eigenvalue weighted by atomic mass is 9.99. The molecule has 0 aliphatic carbocycles. The van der Waals surface area contributed by atoms with E-state index < -0.39 is 0 Å². The van der Waals surface area contributed by atoms with Gasteiger partial charge in [-0.1, -0.05) is 37.3 Å². The van der Waals surface area contributed by atoms with Gasteiger partial charge in [-0.2, -0.15) is 0 Å². The molecule has 29 heavy (non-hydrogen) atoms. The summed E-state index contributed by atoms with van der Waals surface area (Å²) in [4.78, 5) is 14.6. The number of hydrogen-bond acceptors (Lipinski definition) is 4. The minimum atomic E-state index is -0.117. The predicted octanol–water partition coefficient (Wildman–Crippen LogP) is 3.98. The van der Waals surface area contributed by atoms with Crippen molar-refractivity contribution in [2.45, 2.75) is 32.9 Å². The molecule has 2 aliphatic heterocycles. The van der Waals surface area contributed by atoms with Gasteiger partial charge in [-0.3, -0.25) is 9.69 Å². The molecule has 0 bridgehead atoms. The Morgan fingerprint density at radius 1 is 1.07 bits per heavy atom. The molecule has 2 aromatic rings. The zero-order valence-corrected chi connectivity index (χ0v) is 16.9. The Morgan fingerprint density at radius 2 is 1.79 bits per heavy atom. The van der Waals surface area contributed by atoms with Gasteiger partial charge in [0.25, 0.3) is 0 Å². The molecule has 5 nitrogen and oxygen atoms in total. The van der Waals surface area contributed by atoms with Crippen molar-refractivity contribution in [3.8, 4) is 11.5 Å². The van der Waals surface area contributed by atoms with Crippen molar-refractivity contribution >= 4 is 12.0 Å². The molecule has 1 amide bonds. The van der Waals surface area contributed by atoms with E-state index in [1.54, 1.807) is 12.2 Å². The number of benzene rings is 2. The van der Waals surface area contributed by atoms with Crippen LogP contribution < -0.4 is 14.8 Å². The molecular weight excluding hydrogens is 364 g/mol. The van der Waals surface area contributed by atoms with E-state index in [0.29, 0.717) is 12.3 Å². The highest BCUT2D eigenvalue weighted by atomic mass is 16.7. The van der Waals surface area contributed by atoms with Gasteiger partial charge in [0.15, 0.2) is 11.5 Å². The fourth-order valence-corrected chi connectivity index (χ4v) is 3.68. The third-order valence-corrected chi connectivity index (χ3v) is 5.60. The molecule has 1 saturated heterocycles. The van der Waals surface area contributed by atoms with Crippen LogP contribution in [0.1, 0.15) is 36.5 Å². The monoisotopic (exact) mass is 392 g/mol. The molecule has 0 saturated carbocycles. The van der Waals surface area contributed by atoms with E-state index in [0.717, 1.165) is 29.3 Å². The van der Waals surface area contributed by atoms with Crippen molar-refractivity contribution in [2.24, 2.45) is 5.92 Å². The van der Waals surface area contributed by atoms with Gasteiger partial charge in [0.05, 0.1) is 0 Å². The zero-order valence-electron chi connectivity index (χ0n) is 16.9. The Hall–Kier alpha value is -2.79. The summed E-state index contributed by atoms with van der Waals surface area (Å²) in [5.41, 5.74) is 3.34. The smallest absolute Gasteiger partial charge is 0.244 e. The summed E-state index contributed by atoms with van der Waals surface area (Å²) in [6.07, 6.45) is 5.91. The fourth-order valence-electron chi connectivity index (χ4n) is 3.68. The molecule has 2 aliphatic rings. The van der Waals surface area contributed by atoms with Crippen LogP contribution in [0.2, 0.25) is 0 Å². The number of nitrogens with zero attached hydrogens (tertiary/aromatic N) is 1. The van der Waals surface area contributed by atoms with Gasteiger partial charge >= 0.3 is 0 Å². The number of piperidine rings is 1. The van der Waals surface area contributed by atoms with Gasteiger partial charge < -0.3 is 14.8 Å². The maximum atomic E-state index is 12.1. The predicted molar refractivity (Wildman–Crippen MR) is 114 cm³/mol. The normalized spacial score (nSPS) is 17.0. The highest BCUT2D eigenvalue weighted by molar-refractivity contribution is 5.91. The molecule has 5 heteroatoms. The highest BCUT2D eigenvalue weighted by Gasteiger charge is 2.15. The average molecular weight is 392 g/mol. The summed E-state index contributed by atoms with van der Waals surface area (Å²) in [6.45, 7) is 6.50. The number of rotatable bonds is 6. The molecule has 2 aromatic carbocycles. The third-order valence-electron chi connectivity index (χ3n) is 5.60. The van der Waals surface area contributed by atoms with Crippen LogP contribution >= 0.6 is 0 Å². The first-order valence-electron chi connectivity index (χ1n) is 10.3. The van der Waals surface area contributed by atoms with Crippen LogP contribution in [-0.2, 0) is 17.9 Å². The van der Waals surface area contributed by atoms with E-state index >= 15 is 0 Å². The summed E-state index contributed by atoms with van der Waals surface area (Å²) in [5, 5.41) is 2.94. The van der Waals surface area contributed by atoms with Crippen molar-refractivity contribution in [1.82, 2.24) is 10.2 Å². The molecule has 0 unspecified atom stereocenters. The van der Waals surface area contributed by atoms with Crippen LogP contribution in [0.5, 0.6) is 11.5 Å². The lowest BCUT2D eigenvalue weighted by Gasteiger charge is -2.30. The van der Waals surface area contributed by atoms with E-state index in [2.05, 4.69) is 41.4 Å². The molecule has 0 radical (unpaired) electrons. The summed E-state index contributed by atoms with van der Waals surface area (Å²) < 4.78 is 10.6. The number of likely N-dealkylation sites (tertiary alicyclic amines) is 1. The van der Waals surface area contributed by atoms with Crippen molar-refractivity contribution in [2.75, 3.05) is 19.9 Å². The summed E-state index contributed by atoms with van der Waals surface area (Å²) in [7, 11) is 0. The second kappa shape index (κ2) is 9.14. The van der Waals surface area contributed by atoms with E-state index in [-0.39, 0.29) is 12.7 Å². The maximum absolute atomic E-state index is 12.1. The van der Waals surface area contributed by atoms with Crippen LogP contribution in [0.3, 0.4) is 0 Å². The lowest BCUT2D eigenvalue weighted by molar-refractivity contribution is -0.116. The van der Waals surface area contributed by atoms with Crippen molar-refractivity contribution in [3.63, 3.8) is 0 Å². The van der Waals surface area contributed by atoms with Crippen molar-refractivity contribution < 1.29 is 14.3 Å². The van der Waals surface area contributed by atoms with Gasteiger partial charge in [-0.05, 0) is 66.7 Å². The molecule has 152 valence electrons. The Kier molecular flexibility index (Phi) is 6.15. The number of fused-ring (bicyclic) bond motifs is 1. The van der Waals surface area contributed by atoms with E-state index in [9.17, 15) is 4.79 Å². The van der Waals surface area contributed by atoms with Gasteiger partial charge in [0.1, 0.15) is 0 Å². The van der Waals surface area contributed by atoms with Gasteiger partial charge in [-0.15, -0.1) is 0 Å². The number of hydrogen-bond donors (Lipinski definition) is 1. The summed E-state index contributed by atoms with van der Waals surface area (Å²) in [5.74, 6) is 2.20. The van der Waals surface area contributed by atoms with Gasteiger partial charge in [0.2, 0.25) is 12.7 Å². The maximum Gasteiger partial charge on any atom is 0.244 e. The average Bonchev–Trinajstić information content (AvgIpc) is 3.21. The minimum absolute atomic E-state index is 0.117. The van der Waals surface area contributed by atoms with E-state index in [4.69, 9.17) is 9.47 Å². The number of carbonyl (C=O) groups is 1. The number of amides is 1. The first-order chi connectivity index (χ1) is 14.2. The second-order valence-electron chi connectivity index (χ2n) is 7.94. The molecular formula is C24H28N2O3. The Bertz CT molecular complexity index is 868. The summed E-state index contributed by atoms with van der Waals surface area (Å²) >= 11 is 0. The molecule has 0 aromatic heterocycles.